The predicted molar refractivity (Wildman–Crippen MR) is 62.7 cm³/mol. The summed E-state index contributed by atoms with van der Waals surface area (Å²) in [4.78, 5) is 0. The van der Waals surface area contributed by atoms with Crippen molar-refractivity contribution in [2.75, 3.05) is 0 Å². The van der Waals surface area contributed by atoms with Crippen molar-refractivity contribution in [3.05, 3.63) is 29.3 Å². The van der Waals surface area contributed by atoms with Gasteiger partial charge in [-0.3, -0.25) is 20.6 Å². The molecule has 2 aromatic rings. The highest BCUT2D eigenvalue weighted by atomic mass is 15.4. The van der Waals surface area contributed by atoms with E-state index in [4.69, 9.17) is 5.84 Å². The van der Waals surface area contributed by atoms with E-state index in [1.54, 1.807) is 4.68 Å². The summed E-state index contributed by atoms with van der Waals surface area (Å²) in [5, 5.41) is 12.2. The number of nitrogens with zero attached hydrogens (tertiary/aromatic N) is 5. The summed E-state index contributed by atoms with van der Waals surface area (Å²) in [6.07, 6.45) is 4.41. The Bertz CT molecular complexity index is 498. The van der Waals surface area contributed by atoms with Crippen LogP contribution in [0.15, 0.2) is 12.4 Å². The molecule has 7 heteroatoms. The molecule has 0 radical (unpaired) electrons. The number of aromatic nitrogens is 5. The van der Waals surface area contributed by atoms with E-state index >= 15 is 0 Å². The van der Waals surface area contributed by atoms with Gasteiger partial charge in [0.25, 0.3) is 0 Å². The third-order valence-electron chi connectivity index (χ3n) is 2.91. The second-order valence-electron chi connectivity index (χ2n) is 4.12. The number of hydrogen-bond donors (Lipinski definition) is 2. The van der Waals surface area contributed by atoms with Crippen LogP contribution >= 0.6 is 0 Å². The van der Waals surface area contributed by atoms with Gasteiger partial charge >= 0.3 is 0 Å². The number of hydrogen-bond acceptors (Lipinski definition) is 5. The minimum absolute atomic E-state index is 0.000370. The lowest BCUT2D eigenvalue weighted by molar-refractivity contribution is 0.541. The van der Waals surface area contributed by atoms with E-state index in [1.807, 2.05) is 38.1 Å². The highest BCUT2D eigenvalue weighted by Crippen LogP contribution is 2.19. The van der Waals surface area contributed by atoms with Crippen LogP contribution in [-0.4, -0.2) is 24.8 Å². The van der Waals surface area contributed by atoms with Crippen molar-refractivity contribution in [2.24, 2.45) is 19.9 Å². The van der Waals surface area contributed by atoms with Gasteiger partial charge in [0.2, 0.25) is 0 Å². The number of rotatable bonds is 4. The standard InChI is InChI=1S/C10H17N7/c1-7-9(5-12-17(7)3)10(13-11)4-8-6-16(2)15-14-8/h5-6,10,13H,4,11H2,1-3H3. The van der Waals surface area contributed by atoms with Crippen LogP contribution in [0.2, 0.25) is 0 Å². The Balaban J connectivity index is 2.19. The molecule has 92 valence electrons. The lowest BCUT2D eigenvalue weighted by Gasteiger charge is -2.13. The predicted octanol–water partition coefficient (Wildman–Crippen LogP) is -0.396. The van der Waals surface area contributed by atoms with Crippen LogP contribution < -0.4 is 11.3 Å². The maximum Gasteiger partial charge on any atom is 0.0846 e. The molecule has 0 aliphatic heterocycles. The molecule has 2 rings (SSSR count). The molecule has 0 saturated carbocycles. The van der Waals surface area contributed by atoms with E-state index in [0.29, 0.717) is 6.42 Å². The second kappa shape index (κ2) is 4.64. The summed E-state index contributed by atoms with van der Waals surface area (Å²) in [5.74, 6) is 5.60. The number of nitrogens with one attached hydrogen (secondary N) is 1. The monoisotopic (exact) mass is 235 g/mol. The Morgan fingerprint density at radius 2 is 2.24 bits per heavy atom. The van der Waals surface area contributed by atoms with Gasteiger partial charge in [-0.25, -0.2) is 0 Å². The maximum absolute atomic E-state index is 5.60. The molecule has 2 aromatic heterocycles. The van der Waals surface area contributed by atoms with Crippen molar-refractivity contribution in [1.29, 1.82) is 0 Å². The van der Waals surface area contributed by atoms with Gasteiger partial charge in [-0.05, 0) is 6.92 Å². The van der Waals surface area contributed by atoms with Gasteiger partial charge in [0, 0.05) is 38.0 Å². The van der Waals surface area contributed by atoms with Crippen LogP contribution in [0.25, 0.3) is 0 Å². The van der Waals surface area contributed by atoms with Crippen molar-refractivity contribution >= 4 is 0 Å². The summed E-state index contributed by atoms with van der Waals surface area (Å²) in [6, 6.07) is 0.000370. The van der Waals surface area contributed by atoms with Gasteiger partial charge in [-0.1, -0.05) is 5.21 Å². The van der Waals surface area contributed by atoms with Gasteiger partial charge in [0.1, 0.15) is 0 Å². The minimum atomic E-state index is 0.000370. The lowest BCUT2D eigenvalue weighted by atomic mass is 10.0. The Labute approximate surface area is 99.6 Å². The largest absolute Gasteiger partial charge is 0.273 e. The molecule has 0 aliphatic rings. The average molecular weight is 235 g/mol. The second-order valence-corrected chi connectivity index (χ2v) is 4.12. The molecule has 17 heavy (non-hydrogen) atoms. The Morgan fingerprint density at radius 1 is 1.47 bits per heavy atom. The van der Waals surface area contributed by atoms with E-state index in [9.17, 15) is 0 Å². The van der Waals surface area contributed by atoms with Crippen molar-refractivity contribution in [1.82, 2.24) is 30.2 Å². The molecule has 0 saturated heterocycles. The Morgan fingerprint density at radius 3 is 2.71 bits per heavy atom. The van der Waals surface area contributed by atoms with Crippen molar-refractivity contribution < 1.29 is 0 Å². The molecule has 0 aromatic carbocycles. The maximum atomic E-state index is 5.60. The van der Waals surface area contributed by atoms with Gasteiger partial charge in [0.05, 0.1) is 17.9 Å². The quantitative estimate of drug-likeness (QED) is 0.556. The molecule has 0 bridgehead atoms. The molecule has 0 amide bonds. The minimum Gasteiger partial charge on any atom is -0.273 e. The third kappa shape index (κ3) is 2.34. The van der Waals surface area contributed by atoms with Crippen LogP contribution in [0.5, 0.6) is 0 Å². The molecule has 1 unspecified atom stereocenters. The molecule has 0 aliphatic carbocycles. The smallest absolute Gasteiger partial charge is 0.0846 e. The van der Waals surface area contributed by atoms with Crippen molar-refractivity contribution in [3.8, 4) is 0 Å². The highest BCUT2D eigenvalue weighted by molar-refractivity contribution is 5.21. The molecular formula is C10H17N7. The number of hydrazine groups is 1. The highest BCUT2D eigenvalue weighted by Gasteiger charge is 2.17. The first-order valence-electron chi connectivity index (χ1n) is 5.41. The van der Waals surface area contributed by atoms with Crippen molar-refractivity contribution in [2.45, 2.75) is 19.4 Å². The zero-order valence-electron chi connectivity index (χ0n) is 10.3. The molecule has 1 atom stereocenters. The van der Waals surface area contributed by atoms with Gasteiger partial charge in [-0.2, -0.15) is 5.10 Å². The number of aryl methyl sites for hydroxylation is 2. The molecular weight excluding hydrogens is 218 g/mol. The van der Waals surface area contributed by atoms with E-state index in [2.05, 4.69) is 20.8 Å². The van der Waals surface area contributed by atoms with Crippen LogP contribution in [0.1, 0.15) is 23.0 Å². The van der Waals surface area contributed by atoms with E-state index in [-0.39, 0.29) is 6.04 Å². The van der Waals surface area contributed by atoms with Gasteiger partial charge in [0.15, 0.2) is 0 Å². The summed E-state index contributed by atoms with van der Waals surface area (Å²) in [7, 11) is 3.76. The Hall–Kier alpha value is -1.73. The zero-order valence-corrected chi connectivity index (χ0v) is 10.3. The van der Waals surface area contributed by atoms with E-state index in [0.717, 1.165) is 17.0 Å². The van der Waals surface area contributed by atoms with Crippen molar-refractivity contribution in [3.63, 3.8) is 0 Å². The normalized spacial score (nSPS) is 12.9. The molecule has 0 spiro atoms. The average Bonchev–Trinajstić information content (AvgIpc) is 2.85. The van der Waals surface area contributed by atoms with Crippen LogP contribution in [-0.2, 0) is 20.5 Å². The fourth-order valence-electron chi connectivity index (χ4n) is 1.81. The summed E-state index contributed by atoms with van der Waals surface area (Å²) in [5.41, 5.74) is 5.88. The molecule has 0 fully saturated rings. The Kier molecular flexibility index (Phi) is 3.21. The first kappa shape index (κ1) is 11.7. The molecule has 3 N–H and O–H groups in total. The first-order valence-corrected chi connectivity index (χ1v) is 5.41. The molecule has 7 nitrogen and oxygen atoms in total. The van der Waals surface area contributed by atoms with Crippen LogP contribution in [0.4, 0.5) is 0 Å². The van der Waals surface area contributed by atoms with E-state index in [1.165, 1.54) is 0 Å². The summed E-state index contributed by atoms with van der Waals surface area (Å²) >= 11 is 0. The first-order chi connectivity index (χ1) is 8.11. The van der Waals surface area contributed by atoms with Gasteiger partial charge < -0.3 is 0 Å². The van der Waals surface area contributed by atoms with Crippen LogP contribution in [0, 0.1) is 6.92 Å². The fourth-order valence-corrected chi connectivity index (χ4v) is 1.81. The summed E-state index contributed by atoms with van der Waals surface area (Å²) in [6.45, 7) is 2.02. The fraction of sp³-hybridized carbons (Fsp3) is 0.500. The third-order valence-corrected chi connectivity index (χ3v) is 2.91. The topological polar surface area (TPSA) is 86.6 Å². The SMILES string of the molecule is Cc1c(C(Cc2cn(C)nn2)NN)cnn1C. The van der Waals surface area contributed by atoms with E-state index < -0.39 is 0 Å². The molecule has 2 heterocycles. The van der Waals surface area contributed by atoms with Crippen LogP contribution in [0.3, 0.4) is 0 Å². The van der Waals surface area contributed by atoms with Gasteiger partial charge in [-0.15, -0.1) is 5.10 Å². The summed E-state index contributed by atoms with van der Waals surface area (Å²) < 4.78 is 3.51. The zero-order chi connectivity index (χ0) is 12.4. The lowest BCUT2D eigenvalue weighted by Crippen LogP contribution is -2.30. The number of nitrogens with two attached hydrogens (primary N) is 1.